The van der Waals surface area contributed by atoms with Crippen LogP contribution in [0.2, 0.25) is 0 Å². The zero-order valence-electron chi connectivity index (χ0n) is 22.6. The summed E-state index contributed by atoms with van der Waals surface area (Å²) in [4.78, 5) is 38.4. The Labute approximate surface area is 238 Å². The molecule has 3 N–H and O–H groups in total. The van der Waals surface area contributed by atoms with Crippen molar-refractivity contribution in [3.63, 3.8) is 0 Å². The Kier molecular flexibility index (Phi) is 8.14. The van der Waals surface area contributed by atoms with Crippen LogP contribution in [0.5, 0.6) is 0 Å². The number of carbonyl (C=O) groups excluding carboxylic acids is 2. The van der Waals surface area contributed by atoms with Gasteiger partial charge in [-0.25, -0.2) is 14.1 Å². The summed E-state index contributed by atoms with van der Waals surface area (Å²) in [6, 6.07) is 7.67. The van der Waals surface area contributed by atoms with Crippen LogP contribution in [0, 0.1) is 5.82 Å². The molecule has 14 heteroatoms. The second-order valence-corrected chi connectivity index (χ2v) is 10.6. The molecule has 2 bridgehead atoms. The van der Waals surface area contributed by atoms with Gasteiger partial charge in [-0.3, -0.25) is 9.59 Å². The molecule has 3 amide bonds. The van der Waals surface area contributed by atoms with Crippen LogP contribution in [0.15, 0.2) is 42.5 Å². The zero-order valence-corrected chi connectivity index (χ0v) is 22.6. The Morgan fingerprint density at radius 3 is 2.62 bits per heavy atom. The minimum atomic E-state index is -4.66. The quantitative estimate of drug-likeness (QED) is 0.282. The van der Waals surface area contributed by atoms with Gasteiger partial charge in [0.1, 0.15) is 17.5 Å². The summed E-state index contributed by atoms with van der Waals surface area (Å²) < 4.78 is 66.4. The van der Waals surface area contributed by atoms with Crippen molar-refractivity contribution in [3.8, 4) is 0 Å². The molecule has 0 saturated carbocycles. The molecule has 0 radical (unpaired) electrons. The molecule has 3 heterocycles. The molecule has 4 atom stereocenters. The van der Waals surface area contributed by atoms with Crippen molar-refractivity contribution in [2.45, 2.75) is 69.6 Å². The Morgan fingerprint density at radius 2 is 1.93 bits per heavy atom. The number of alkyl halides is 3. The first kappa shape index (κ1) is 29.7. The van der Waals surface area contributed by atoms with Crippen molar-refractivity contribution in [2.75, 3.05) is 18.4 Å². The molecule has 2 aromatic rings. The number of anilines is 1. The number of carbonyl (C=O) groups is 3. The van der Waals surface area contributed by atoms with Gasteiger partial charge in [-0.1, -0.05) is 18.2 Å². The molecule has 6 rings (SSSR count). The van der Waals surface area contributed by atoms with Crippen LogP contribution in [0.4, 0.5) is 28.0 Å². The third kappa shape index (κ3) is 5.92. The number of ether oxygens (including phenoxy) is 2. The van der Waals surface area contributed by atoms with Gasteiger partial charge in [0, 0.05) is 25.2 Å². The van der Waals surface area contributed by atoms with E-state index in [1.807, 2.05) is 0 Å². The van der Waals surface area contributed by atoms with Crippen molar-refractivity contribution in [2.24, 2.45) is 0 Å². The number of fused-ring (bicyclic) bond motifs is 1. The highest BCUT2D eigenvalue weighted by Crippen LogP contribution is 2.56. The van der Waals surface area contributed by atoms with E-state index < -0.39 is 54.2 Å². The van der Waals surface area contributed by atoms with Crippen molar-refractivity contribution < 1.29 is 46.5 Å². The number of amides is 3. The fourth-order valence-electron chi connectivity index (χ4n) is 5.58. The van der Waals surface area contributed by atoms with Crippen LogP contribution >= 0.6 is 0 Å². The van der Waals surface area contributed by atoms with Crippen LogP contribution in [0.3, 0.4) is 0 Å². The predicted octanol–water partition coefficient (Wildman–Crippen LogP) is 3.91. The second-order valence-electron chi connectivity index (χ2n) is 10.6. The lowest BCUT2D eigenvalue weighted by Gasteiger charge is -2.41. The number of benzene rings is 2. The van der Waals surface area contributed by atoms with Gasteiger partial charge < -0.3 is 30.1 Å². The highest BCUT2D eigenvalue weighted by molar-refractivity contribution is 5.89. The standard InChI is InChI=1S/C28H30F4N4O6/c1-16(28(30,31)32)35(14-17-4-6-19(29)7-5-17)22(37)15-36-24-27(42-26(36)41-24)11-10-18-13-20(8-9-21(18)27)34-25(40)33-12-2-3-23(38)39/h4-9,13,16,24,26H,2-3,10-12,14-15H2,1H3,(H,38,39)(H2,33,34,40)/t16-,24?,26?,27+/m0/s1. The summed E-state index contributed by atoms with van der Waals surface area (Å²) in [7, 11) is 0. The van der Waals surface area contributed by atoms with Crippen molar-refractivity contribution >= 4 is 23.6 Å². The normalized spacial score (nSPS) is 23.3. The number of hydrogen-bond acceptors (Lipinski definition) is 6. The molecule has 3 aliphatic heterocycles. The summed E-state index contributed by atoms with van der Waals surface area (Å²) in [5.74, 6) is -2.25. The average Bonchev–Trinajstić information content (AvgIpc) is 3.58. The van der Waals surface area contributed by atoms with Crippen LogP contribution in [-0.4, -0.2) is 70.8 Å². The Balaban J connectivity index is 1.24. The second kappa shape index (κ2) is 11.5. The molecular formula is C28H30F4N4O6. The maximum Gasteiger partial charge on any atom is 0.408 e. The van der Waals surface area contributed by atoms with Gasteiger partial charge >= 0.3 is 18.2 Å². The van der Waals surface area contributed by atoms with E-state index in [1.54, 1.807) is 23.1 Å². The summed E-state index contributed by atoms with van der Waals surface area (Å²) in [5.41, 5.74) is 1.68. The van der Waals surface area contributed by atoms with Crippen LogP contribution < -0.4 is 10.6 Å². The van der Waals surface area contributed by atoms with E-state index in [9.17, 15) is 31.9 Å². The van der Waals surface area contributed by atoms with Crippen LogP contribution in [0.25, 0.3) is 0 Å². The van der Waals surface area contributed by atoms with Gasteiger partial charge in [0.05, 0.1) is 6.54 Å². The average molecular weight is 595 g/mol. The molecule has 2 unspecified atom stereocenters. The fraction of sp³-hybridized carbons (Fsp3) is 0.464. The van der Waals surface area contributed by atoms with E-state index in [2.05, 4.69) is 10.6 Å². The molecule has 1 spiro atoms. The van der Waals surface area contributed by atoms with Gasteiger partial charge in [-0.15, -0.1) is 0 Å². The van der Waals surface area contributed by atoms with Gasteiger partial charge in [0.25, 0.3) is 0 Å². The maximum atomic E-state index is 13.7. The third-order valence-electron chi connectivity index (χ3n) is 7.81. The number of carboxylic acid groups (broad SMARTS) is 1. The Bertz CT molecular complexity index is 1360. The summed E-state index contributed by atoms with van der Waals surface area (Å²) >= 11 is 0. The summed E-state index contributed by atoms with van der Waals surface area (Å²) in [5, 5.41) is 14.0. The molecule has 42 heavy (non-hydrogen) atoms. The molecule has 3 fully saturated rings. The van der Waals surface area contributed by atoms with E-state index in [1.165, 1.54) is 12.1 Å². The van der Waals surface area contributed by atoms with Crippen molar-refractivity contribution in [3.05, 3.63) is 65.0 Å². The largest absolute Gasteiger partial charge is 0.481 e. The van der Waals surface area contributed by atoms with Crippen molar-refractivity contribution in [1.29, 1.82) is 0 Å². The van der Waals surface area contributed by atoms with Gasteiger partial charge in [0.2, 0.25) is 12.3 Å². The lowest BCUT2D eigenvalue weighted by molar-refractivity contribution is -0.285. The van der Waals surface area contributed by atoms with Gasteiger partial charge in [-0.05, 0) is 67.1 Å². The number of hydrogen-bond donors (Lipinski definition) is 3. The topological polar surface area (TPSA) is 120 Å². The van der Waals surface area contributed by atoms with Gasteiger partial charge in [0.15, 0.2) is 6.23 Å². The van der Waals surface area contributed by atoms with Crippen molar-refractivity contribution in [1.82, 2.24) is 15.1 Å². The Morgan fingerprint density at radius 1 is 1.19 bits per heavy atom. The number of nitrogens with zero attached hydrogens (tertiary/aromatic N) is 2. The van der Waals surface area contributed by atoms with Crippen LogP contribution in [0.1, 0.15) is 42.9 Å². The molecule has 10 nitrogen and oxygen atoms in total. The number of rotatable bonds is 10. The number of aryl methyl sites for hydroxylation is 1. The minimum Gasteiger partial charge on any atom is -0.481 e. The first-order chi connectivity index (χ1) is 19.9. The monoisotopic (exact) mass is 594 g/mol. The number of halogens is 4. The molecule has 4 aliphatic rings. The lowest BCUT2D eigenvalue weighted by Crippen LogP contribution is -2.59. The third-order valence-corrected chi connectivity index (χ3v) is 7.81. The summed E-state index contributed by atoms with van der Waals surface area (Å²) in [6.07, 6.45) is -4.90. The number of urea groups is 1. The van der Waals surface area contributed by atoms with Crippen LogP contribution in [-0.2, 0) is 37.6 Å². The number of nitrogens with one attached hydrogen (secondary N) is 2. The fourth-order valence-corrected chi connectivity index (χ4v) is 5.58. The zero-order chi connectivity index (χ0) is 30.2. The first-order valence-corrected chi connectivity index (χ1v) is 13.5. The maximum absolute atomic E-state index is 13.7. The Hall–Kier alpha value is -3.75. The minimum absolute atomic E-state index is 0.0539. The molecule has 226 valence electrons. The highest BCUT2D eigenvalue weighted by atomic mass is 19.4. The summed E-state index contributed by atoms with van der Waals surface area (Å²) in [6.45, 7) is 0.408. The molecule has 3 saturated heterocycles. The number of aliphatic carboxylic acids is 1. The molecule has 1 aliphatic carbocycles. The smallest absolute Gasteiger partial charge is 0.408 e. The predicted molar refractivity (Wildman–Crippen MR) is 139 cm³/mol. The van der Waals surface area contributed by atoms with E-state index in [4.69, 9.17) is 14.6 Å². The van der Waals surface area contributed by atoms with E-state index in [0.717, 1.165) is 35.1 Å². The highest BCUT2D eigenvalue weighted by Gasteiger charge is 2.66. The lowest BCUT2D eigenvalue weighted by atomic mass is 9.93. The van der Waals surface area contributed by atoms with E-state index in [0.29, 0.717) is 30.5 Å². The SMILES string of the molecule is C[C@H](N(Cc1ccc(F)cc1)C(=O)CN1C2OC1[C@]1(CCc3cc(NC(=O)NCCCC(=O)O)ccc31)O2)C(F)(F)F. The van der Waals surface area contributed by atoms with E-state index >= 15 is 0 Å². The van der Waals surface area contributed by atoms with Gasteiger partial charge in [-0.2, -0.15) is 13.2 Å². The number of carboxylic acids is 1. The molecular weight excluding hydrogens is 564 g/mol. The molecule has 2 aromatic carbocycles. The molecule has 0 aromatic heterocycles. The van der Waals surface area contributed by atoms with E-state index in [-0.39, 0.29) is 26.1 Å². The first-order valence-electron chi connectivity index (χ1n) is 13.5.